The lowest BCUT2D eigenvalue weighted by molar-refractivity contribution is 0.197. The third-order valence-electron chi connectivity index (χ3n) is 3.86. The topological polar surface area (TPSA) is 33.1 Å². The van der Waals surface area contributed by atoms with Crippen molar-refractivity contribution in [3.05, 3.63) is 48.0 Å². The highest BCUT2D eigenvalue weighted by molar-refractivity contribution is 5.85. The van der Waals surface area contributed by atoms with E-state index in [9.17, 15) is 0 Å². The summed E-state index contributed by atoms with van der Waals surface area (Å²) in [4.78, 5) is 7.00. The average Bonchev–Trinajstić information content (AvgIpc) is 2.81. The Morgan fingerprint density at radius 2 is 2.05 bits per heavy atom. The molecule has 21 heavy (non-hydrogen) atoms. The summed E-state index contributed by atoms with van der Waals surface area (Å²) < 4.78 is 2.26. The van der Waals surface area contributed by atoms with Crippen LogP contribution in [0.1, 0.15) is 18.4 Å². The maximum atomic E-state index is 4.50. The highest BCUT2D eigenvalue weighted by atomic mass is 35.5. The molecule has 0 aliphatic carbocycles. The van der Waals surface area contributed by atoms with Crippen LogP contribution in [0.2, 0.25) is 0 Å². The summed E-state index contributed by atoms with van der Waals surface area (Å²) in [6.07, 6.45) is 2.01. The van der Waals surface area contributed by atoms with Gasteiger partial charge in [0, 0.05) is 37.9 Å². The Hall–Kier alpha value is -1.36. The predicted octanol–water partition coefficient (Wildman–Crippen LogP) is 2.40. The zero-order chi connectivity index (χ0) is 13.9. The molecule has 1 aliphatic heterocycles. The molecule has 1 unspecified atom stereocenters. The van der Waals surface area contributed by atoms with Crippen LogP contribution in [0, 0.1) is 6.92 Å². The molecule has 1 aliphatic rings. The number of nitrogens with one attached hydrogen (secondary N) is 1. The molecule has 0 radical (unpaired) electrons. The molecule has 1 saturated heterocycles. The van der Waals surface area contributed by atoms with E-state index < -0.39 is 0 Å². The molecule has 1 aromatic carbocycles. The number of piperazine rings is 1. The molecule has 3 rings (SSSR count). The second kappa shape index (κ2) is 7.07. The molecule has 1 N–H and O–H groups in total. The highest BCUT2D eigenvalue weighted by Gasteiger charge is 2.18. The van der Waals surface area contributed by atoms with Gasteiger partial charge in [-0.3, -0.25) is 9.47 Å². The molecule has 0 bridgehead atoms. The van der Waals surface area contributed by atoms with Crippen LogP contribution < -0.4 is 5.32 Å². The van der Waals surface area contributed by atoms with E-state index in [1.165, 1.54) is 11.4 Å². The minimum absolute atomic E-state index is 0. The first-order valence-corrected chi connectivity index (χ1v) is 7.28. The fraction of sp³-hybridized carbons (Fsp3) is 0.438. The molecule has 114 valence electrons. The van der Waals surface area contributed by atoms with E-state index in [0.717, 1.165) is 32.0 Å². The van der Waals surface area contributed by atoms with E-state index in [1.807, 2.05) is 12.3 Å². The SMILES string of the molecule is Cc1ncc(CN2CCNC(C)C2)n1-c1ccccc1.Cl. The third-order valence-corrected chi connectivity index (χ3v) is 3.86. The molecule has 1 atom stereocenters. The van der Waals surface area contributed by atoms with Crippen LogP contribution in [0.5, 0.6) is 0 Å². The van der Waals surface area contributed by atoms with Crippen LogP contribution in [-0.4, -0.2) is 40.1 Å². The van der Waals surface area contributed by atoms with Gasteiger partial charge in [-0.25, -0.2) is 4.98 Å². The summed E-state index contributed by atoms with van der Waals surface area (Å²) >= 11 is 0. The largest absolute Gasteiger partial charge is 0.312 e. The van der Waals surface area contributed by atoms with Gasteiger partial charge in [0.25, 0.3) is 0 Å². The molecular formula is C16H23ClN4. The molecule has 0 saturated carbocycles. The van der Waals surface area contributed by atoms with Gasteiger partial charge in [0.2, 0.25) is 0 Å². The quantitative estimate of drug-likeness (QED) is 0.945. The first kappa shape index (κ1) is 16.0. The Morgan fingerprint density at radius 3 is 2.76 bits per heavy atom. The molecule has 0 spiro atoms. The maximum Gasteiger partial charge on any atom is 0.110 e. The number of para-hydroxylation sites is 1. The van der Waals surface area contributed by atoms with Gasteiger partial charge in [0.15, 0.2) is 0 Å². The molecule has 4 nitrogen and oxygen atoms in total. The Labute approximate surface area is 132 Å². The lowest BCUT2D eigenvalue weighted by atomic mass is 10.2. The molecular weight excluding hydrogens is 284 g/mol. The first-order valence-electron chi connectivity index (χ1n) is 7.28. The summed E-state index contributed by atoms with van der Waals surface area (Å²) in [5.41, 5.74) is 2.46. The van der Waals surface area contributed by atoms with E-state index >= 15 is 0 Å². The molecule has 5 heteroatoms. The van der Waals surface area contributed by atoms with Crippen LogP contribution in [0.25, 0.3) is 5.69 Å². The third kappa shape index (κ3) is 3.64. The minimum atomic E-state index is 0. The van der Waals surface area contributed by atoms with Gasteiger partial charge in [-0.1, -0.05) is 18.2 Å². The highest BCUT2D eigenvalue weighted by Crippen LogP contribution is 2.16. The Morgan fingerprint density at radius 1 is 1.29 bits per heavy atom. The van der Waals surface area contributed by atoms with Crippen molar-refractivity contribution in [2.75, 3.05) is 19.6 Å². The molecule has 2 heterocycles. The Kier molecular flexibility index (Phi) is 5.39. The number of aromatic nitrogens is 2. The van der Waals surface area contributed by atoms with E-state index in [1.54, 1.807) is 0 Å². The second-order valence-electron chi connectivity index (χ2n) is 5.56. The van der Waals surface area contributed by atoms with E-state index in [4.69, 9.17) is 0 Å². The van der Waals surface area contributed by atoms with Crippen molar-refractivity contribution in [3.63, 3.8) is 0 Å². The number of rotatable bonds is 3. The van der Waals surface area contributed by atoms with Crippen LogP contribution in [0.4, 0.5) is 0 Å². The second-order valence-corrected chi connectivity index (χ2v) is 5.56. The Bertz CT molecular complexity index is 567. The number of halogens is 1. The minimum Gasteiger partial charge on any atom is -0.312 e. The molecule has 0 amide bonds. The molecule has 1 aromatic heterocycles. The van der Waals surface area contributed by atoms with Crippen molar-refractivity contribution >= 4 is 12.4 Å². The van der Waals surface area contributed by atoms with Gasteiger partial charge >= 0.3 is 0 Å². The van der Waals surface area contributed by atoms with Crippen LogP contribution >= 0.6 is 12.4 Å². The van der Waals surface area contributed by atoms with Crippen molar-refractivity contribution < 1.29 is 0 Å². The summed E-state index contributed by atoms with van der Waals surface area (Å²) in [6, 6.07) is 11.0. The fourth-order valence-corrected chi connectivity index (χ4v) is 2.92. The summed E-state index contributed by atoms with van der Waals surface area (Å²) in [5, 5.41) is 3.49. The van der Waals surface area contributed by atoms with Gasteiger partial charge in [-0.15, -0.1) is 12.4 Å². The normalized spacial score (nSPS) is 19.2. The first-order chi connectivity index (χ1) is 9.74. The maximum absolute atomic E-state index is 4.50. The van der Waals surface area contributed by atoms with Crippen LogP contribution in [0.3, 0.4) is 0 Å². The van der Waals surface area contributed by atoms with Gasteiger partial charge in [0.05, 0.1) is 11.9 Å². The Balaban J connectivity index is 0.00000161. The van der Waals surface area contributed by atoms with Crippen LogP contribution in [-0.2, 0) is 6.54 Å². The zero-order valence-corrected chi connectivity index (χ0v) is 13.4. The number of nitrogens with zero attached hydrogens (tertiary/aromatic N) is 3. The van der Waals surface area contributed by atoms with Gasteiger partial charge in [-0.2, -0.15) is 0 Å². The van der Waals surface area contributed by atoms with E-state index in [-0.39, 0.29) is 12.4 Å². The fourth-order valence-electron chi connectivity index (χ4n) is 2.92. The number of hydrogen-bond acceptors (Lipinski definition) is 3. The summed E-state index contributed by atoms with van der Waals surface area (Å²) in [6.45, 7) is 8.53. The average molecular weight is 307 g/mol. The van der Waals surface area contributed by atoms with E-state index in [2.05, 4.69) is 57.9 Å². The van der Waals surface area contributed by atoms with Crippen molar-refractivity contribution in [2.45, 2.75) is 26.4 Å². The standard InChI is InChI=1S/C16H22N4.ClH/c1-13-11-19(9-8-17-13)12-16-10-18-14(2)20(16)15-6-4-3-5-7-15;/h3-7,10,13,17H,8-9,11-12H2,1-2H3;1H. The predicted molar refractivity (Wildman–Crippen MR) is 88.3 cm³/mol. The smallest absolute Gasteiger partial charge is 0.110 e. The number of benzene rings is 1. The van der Waals surface area contributed by atoms with Gasteiger partial charge in [-0.05, 0) is 26.0 Å². The van der Waals surface area contributed by atoms with Crippen LogP contribution in [0.15, 0.2) is 36.5 Å². The van der Waals surface area contributed by atoms with Crippen molar-refractivity contribution in [3.8, 4) is 5.69 Å². The lowest BCUT2D eigenvalue weighted by Crippen LogP contribution is -2.48. The van der Waals surface area contributed by atoms with Crippen molar-refractivity contribution in [1.29, 1.82) is 0 Å². The summed E-state index contributed by atoms with van der Waals surface area (Å²) in [5.74, 6) is 1.05. The number of imidazole rings is 1. The summed E-state index contributed by atoms with van der Waals surface area (Å²) in [7, 11) is 0. The zero-order valence-electron chi connectivity index (χ0n) is 12.6. The molecule has 1 fully saturated rings. The van der Waals surface area contributed by atoms with Crippen molar-refractivity contribution in [1.82, 2.24) is 19.8 Å². The number of hydrogen-bond donors (Lipinski definition) is 1. The van der Waals surface area contributed by atoms with Crippen molar-refractivity contribution in [2.24, 2.45) is 0 Å². The molecule has 2 aromatic rings. The van der Waals surface area contributed by atoms with Gasteiger partial charge in [0.1, 0.15) is 5.82 Å². The van der Waals surface area contributed by atoms with E-state index in [0.29, 0.717) is 6.04 Å². The monoisotopic (exact) mass is 306 g/mol. The lowest BCUT2D eigenvalue weighted by Gasteiger charge is -2.31. The van der Waals surface area contributed by atoms with Gasteiger partial charge < -0.3 is 5.32 Å². The number of aryl methyl sites for hydroxylation is 1.